The predicted octanol–water partition coefficient (Wildman–Crippen LogP) is 14.7. The zero-order valence-corrected chi connectivity index (χ0v) is 30.6. The molecule has 0 atom stereocenters. The van der Waals surface area contributed by atoms with Crippen LogP contribution < -0.4 is 0 Å². The molecule has 0 bridgehead atoms. The maximum absolute atomic E-state index is 2.47. The molecular weight excluding hydrogens is 685 g/mol. The van der Waals surface area contributed by atoms with Crippen LogP contribution in [0.4, 0.5) is 0 Å². The Morgan fingerprint density at radius 2 is 0.891 bits per heavy atom. The molecule has 0 fully saturated rings. The molecule has 0 saturated heterocycles. The summed E-state index contributed by atoms with van der Waals surface area (Å²) in [4.78, 5) is 0. The largest absolute Gasteiger partial charge is 0.309 e. The molecule has 0 aliphatic rings. The van der Waals surface area contributed by atoms with Gasteiger partial charge in [-0.3, -0.25) is 0 Å². The monoisotopic (exact) mass is 716 g/mol. The van der Waals surface area contributed by atoms with Crippen LogP contribution in [0.1, 0.15) is 0 Å². The third-order valence-corrected chi connectivity index (χ3v) is 12.6. The van der Waals surface area contributed by atoms with Crippen molar-refractivity contribution in [3.8, 4) is 33.6 Å². The van der Waals surface area contributed by atoms with E-state index in [2.05, 4.69) is 203 Å². The molecule has 2 nitrogen and oxygen atoms in total. The number of hydrogen-bond donors (Lipinski definition) is 0. The normalized spacial score (nSPS) is 12.0. The Morgan fingerprint density at radius 1 is 0.327 bits per heavy atom. The van der Waals surface area contributed by atoms with Crippen molar-refractivity contribution in [2.24, 2.45) is 0 Å². The van der Waals surface area contributed by atoms with Gasteiger partial charge in [0, 0.05) is 52.8 Å². The molecule has 3 aromatic heterocycles. The van der Waals surface area contributed by atoms with Crippen molar-refractivity contribution in [1.29, 1.82) is 0 Å². The van der Waals surface area contributed by atoms with Gasteiger partial charge in [-0.15, -0.1) is 11.3 Å². The van der Waals surface area contributed by atoms with Gasteiger partial charge in [0.05, 0.1) is 27.8 Å². The number of nitrogens with zero attached hydrogens (tertiary/aromatic N) is 2. The summed E-state index contributed by atoms with van der Waals surface area (Å²) in [5.74, 6) is 0. The van der Waals surface area contributed by atoms with Crippen LogP contribution in [-0.2, 0) is 0 Å². The molecule has 0 unspecified atom stereocenters. The summed E-state index contributed by atoms with van der Waals surface area (Å²) in [6.07, 6.45) is 0. The van der Waals surface area contributed by atoms with Crippen molar-refractivity contribution in [2.75, 3.05) is 0 Å². The van der Waals surface area contributed by atoms with E-state index in [9.17, 15) is 0 Å². The second-order valence-corrected chi connectivity index (χ2v) is 15.6. The SMILES string of the molecule is c1ccc(-n2c3ccccc3c3ccc(-c4ccc5c6ccccc6n(-c6cccc7cc(-c8cccc9sc%10ccccc%10c89)ccc67)c5c4)cc32)cc1. The Morgan fingerprint density at radius 3 is 1.65 bits per heavy atom. The third-order valence-electron chi connectivity index (χ3n) is 11.5. The molecule has 3 heterocycles. The third kappa shape index (κ3) is 4.54. The molecule has 3 heteroatoms. The van der Waals surface area contributed by atoms with E-state index in [4.69, 9.17) is 0 Å². The highest BCUT2D eigenvalue weighted by atomic mass is 32.1. The van der Waals surface area contributed by atoms with E-state index in [-0.39, 0.29) is 0 Å². The van der Waals surface area contributed by atoms with E-state index in [1.165, 1.54) is 108 Å². The van der Waals surface area contributed by atoms with E-state index in [0.717, 1.165) is 0 Å². The highest BCUT2D eigenvalue weighted by Gasteiger charge is 2.18. The van der Waals surface area contributed by atoms with E-state index < -0.39 is 0 Å². The molecule has 55 heavy (non-hydrogen) atoms. The van der Waals surface area contributed by atoms with Crippen molar-refractivity contribution in [1.82, 2.24) is 9.13 Å². The molecule has 0 amide bonds. The number of rotatable bonds is 4. The van der Waals surface area contributed by atoms with Gasteiger partial charge in [-0.05, 0) is 88.3 Å². The first-order valence-electron chi connectivity index (χ1n) is 18.8. The fourth-order valence-electron chi connectivity index (χ4n) is 9.06. The first-order chi connectivity index (χ1) is 27.3. The van der Waals surface area contributed by atoms with E-state index in [1.807, 2.05) is 11.3 Å². The number of benzene rings is 9. The van der Waals surface area contributed by atoms with Crippen molar-refractivity contribution in [3.63, 3.8) is 0 Å². The van der Waals surface area contributed by atoms with Crippen molar-refractivity contribution in [3.05, 3.63) is 194 Å². The van der Waals surface area contributed by atoms with Gasteiger partial charge in [0.25, 0.3) is 0 Å². The number of fused-ring (bicyclic) bond motifs is 10. The summed E-state index contributed by atoms with van der Waals surface area (Å²) in [7, 11) is 0. The molecule has 256 valence electrons. The number of aromatic nitrogens is 2. The lowest BCUT2D eigenvalue weighted by Crippen LogP contribution is -1.96. The molecular formula is C52H32N2S. The Kier molecular flexibility index (Phi) is 6.54. The smallest absolute Gasteiger partial charge is 0.0547 e. The highest BCUT2D eigenvalue weighted by molar-refractivity contribution is 7.25. The Hall–Kier alpha value is -6.94. The van der Waals surface area contributed by atoms with Crippen molar-refractivity contribution >= 4 is 85.9 Å². The van der Waals surface area contributed by atoms with Gasteiger partial charge >= 0.3 is 0 Å². The second kappa shape index (κ2) is 11.8. The number of para-hydroxylation sites is 3. The number of thiophene rings is 1. The van der Waals surface area contributed by atoms with Gasteiger partial charge < -0.3 is 9.13 Å². The summed E-state index contributed by atoms with van der Waals surface area (Å²) in [6, 6.07) is 71.5. The maximum atomic E-state index is 2.47. The minimum absolute atomic E-state index is 1.17. The van der Waals surface area contributed by atoms with Crippen LogP contribution in [0.15, 0.2) is 194 Å². The molecule has 0 radical (unpaired) electrons. The van der Waals surface area contributed by atoms with Gasteiger partial charge in [-0.2, -0.15) is 0 Å². The Bertz CT molecular complexity index is 3490. The van der Waals surface area contributed by atoms with Crippen LogP contribution in [0, 0.1) is 0 Å². The first-order valence-corrected chi connectivity index (χ1v) is 19.7. The fraction of sp³-hybridized carbons (Fsp3) is 0. The molecule has 0 aliphatic heterocycles. The minimum atomic E-state index is 1.17. The first kappa shape index (κ1) is 30.5. The van der Waals surface area contributed by atoms with Gasteiger partial charge in [0.1, 0.15) is 0 Å². The van der Waals surface area contributed by atoms with Crippen molar-refractivity contribution in [2.45, 2.75) is 0 Å². The Labute approximate surface area is 321 Å². The van der Waals surface area contributed by atoms with Crippen LogP contribution >= 0.6 is 11.3 Å². The predicted molar refractivity (Wildman–Crippen MR) is 236 cm³/mol. The van der Waals surface area contributed by atoms with E-state index in [0.29, 0.717) is 0 Å². The summed E-state index contributed by atoms with van der Waals surface area (Å²) < 4.78 is 7.53. The van der Waals surface area contributed by atoms with Gasteiger partial charge in [0.2, 0.25) is 0 Å². The summed E-state index contributed by atoms with van der Waals surface area (Å²) in [5, 5.41) is 10.2. The molecule has 0 N–H and O–H groups in total. The molecule has 0 saturated carbocycles. The lowest BCUT2D eigenvalue weighted by Gasteiger charge is -2.14. The van der Waals surface area contributed by atoms with Crippen molar-refractivity contribution < 1.29 is 0 Å². The Balaban J connectivity index is 1.05. The van der Waals surface area contributed by atoms with Crippen LogP contribution in [0.5, 0.6) is 0 Å². The molecule has 9 aromatic carbocycles. The molecule has 0 spiro atoms. The maximum Gasteiger partial charge on any atom is 0.0547 e. The van der Waals surface area contributed by atoms with Gasteiger partial charge in [-0.25, -0.2) is 0 Å². The summed E-state index contributed by atoms with van der Waals surface area (Å²) in [6.45, 7) is 0. The average Bonchev–Trinajstić information content (AvgIpc) is 3.91. The van der Waals surface area contributed by atoms with Crippen LogP contribution in [0.2, 0.25) is 0 Å². The second-order valence-electron chi connectivity index (χ2n) is 14.5. The standard InChI is InChI=1S/C52H32N2S/c1-2-13-37(14-3-1)53-46-19-7-4-15-40(46)42-28-24-33(31-48(42)53)34-25-29-43-41-16-5-8-20-47(41)54(49(43)32-34)45-21-10-12-35-30-36(26-27-38(35)45)39-18-11-23-51-52(39)44-17-6-9-22-50(44)55-51/h1-32H. The summed E-state index contributed by atoms with van der Waals surface area (Å²) >= 11 is 1.87. The minimum Gasteiger partial charge on any atom is -0.309 e. The van der Waals surface area contributed by atoms with Gasteiger partial charge in [-0.1, -0.05) is 133 Å². The number of hydrogen-bond acceptors (Lipinski definition) is 1. The molecule has 12 rings (SSSR count). The van der Waals surface area contributed by atoms with E-state index >= 15 is 0 Å². The lowest BCUT2D eigenvalue weighted by molar-refractivity contribution is 1.18. The highest BCUT2D eigenvalue weighted by Crippen LogP contribution is 2.42. The van der Waals surface area contributed by atoms with Crippen LogP contribution in [0.3, 0.4) is 0 Å². The van der Waals surface area contributed by atoms with Crippen LogP contribution in [-0.4, -0.2) is 9.13 Å². The average molecular weight is 717 g/mol. The topological polar surface area (TPSA) is 9.86 Å². The zero-order valence-electron chi connectivity index (χ0n) is 29.8. The zero-order chi connectivity index (χ0) is 36.0. The van der Waals surface area contributed by atoms with Crippen LogP contribution in [0.25, 0.3) is 108 Å². The van der Waals surface area contributed by atoms with Gasteiger partial charge in [0.15, 0.2) is 0 Å². The quantitative estimate of drug-likeness (QED) is 0.172. The molecule has 12 aromatic rings. The van der Waals surface area contributed by atoms with E-state index in [1.54, 1.807) is 0 Å². The summed E-state index contributed by atoms with van der Waals surface area (Å²) in [5.41, 5.74) is 12.1. The fourth-order valence-corrected chi connectivity index (χ4v) is 10.2. The lowest BCUT2D eigenvalue weighted by atomic mass is 9.96. The molecule has 0 aliphatic carbocycles.